The van der Waals surface area contributed by atoms with Crippen LogP contribution >= 0.6 is 0 Å². The van der Waals surface area contributed by atoms with Gasteiger partial charge in [-0.3, -0.25) is 9.67 Å². The quantitative estimate of drug-likeness (QED) is 0.471. The molecule has 1 atom stereocenters. The number of nitrogen functional groups attached to an aromatic ring is 1. The fourth-order valence-electron chi connectivity index (χ4n) is 2.69. The molecular formula is C21H24F2N8O. The van der Waals surface area contributed by atoms with E-state index in [0.29, 0.717) is 17.1 Å². The van der Waals surface area contributed by atoms with Crippen LogP contribution in [0, 0.1) is 0 Å². The van der Waals surface area contributed by atoms with E-state index in [9.17, 15) is 8.78 Å². The second kappa shape index (κ2) is 10.5. The van der Waals surface area contributed by atoms with E-state index < -0.39 is 13.0 Å². The van der Waals surface area contributed by atoms with Gasteiger partial charge in [-0.1, -0.05) is 38.4 Å². The zero-order valence-electron chi connectivity index (χ0n) is 18.0. The first-order valence-corrected chi connectivity index (χ1v) is 10.1. The molecule has 0 amide bonds. The van der Waals surface area contributed by atoms with Gasteiger partial charge >= 0.3 is 0 Å². The minimum absolute atomic E-state index is 0.187. The topological polar surface area (TPSA) is 121 Å². The van der Waals surface area contributed by atoms with E-state index in [1.54, 1.807) is 18.6 Å². The highest BCUT2D eigenvalue weighted by atomic mass is 19.3. The van der Waals surface area contributed by atoms with E-state index in [4.69, 9.17) is 10.3 Å². The molecule has 4 aromatic heterocycles. The summed E-state index contributed by atoms with van der Waals surface area (Å²) in [5, 5.41) is 7.87. The summed E-state index contributed by atoms with van der Waals surface area (Å²) in [6.07, 6.45) is 6.54. The summed E-state index contributed by atoms with van der Waals surface area (Å²) >= 11 is 0. The van der Waals surface area contributed by atoms with E-state index in [1.165, 1.54) is 18.8 Å². The molecule has 0 aliphatic rings. The fraction of sp³-hybridized carbons (Fsp3) is 0.333. The van der Waals surface area contributed by atoms with Crippen LogP contribution in [0.15, 0.2) is 47.6 Å². The lowest BCUT2D eigenvalue weighted by Gasteiger charge is -2.07. The van der Waals surface area contributed by atoms with Gasteiger partial charge in [0.15, 0.2) is 5.82 Å². The maximum absolute atomic E-state index is 12.5. The number of hydrogen-bond acceptors (Lipinski definition) is 8. The van der Waals surface area contributed by atoms with Crippen molar-refractivity contribution >= 4 is 5.95 Å². The molecule has 11 heteroatoms. The molecular weight excluding hydrogens is 418 g/mol. The van der Waals surface area contributed by atoms with E-state index in [2.05, 4.69) is 44.0 Å². The van der Waals surface area contributed by atoms with Crippen molar-refractivity contribution in [1.82, 2.24) is 34.9 Å². The maximum Gasteiger partial charge on any atom is 0.261 e. The molecule has 0 aliphatic heterocycles. The molecule has 4 heterocycles. The molecule has 0 radical (unpaired) electrons. The third-order valence-corrected chi connectivity index (χ3v) is 4.29. The van der Waals surface area contributed by atoms with Crippen molar-refractivity contribution in [2.75, 3.05) is 5.73 Å². The van der Waals surface area contributed by atoms with Crippen LogP contribution in [0.3, 0.4) is 0 Å². The Hall–Kier alpha value is -3.76. The van der Waals surface area contributed by atoms with Crippen molar-refractivity contribution in [1.29, 1.82) is 0 Å². The lowest BCUT2D eigenvalue weighted by molar-refractivity contribution is 0.122. The molecule has 2 N–H and O–H groups in total. The number of anilines is 1. The monoisotopic (exact) mass is 442 g/mol. The van der Waals surface area contributed by atoms with Gasteiger partial charge in [0.25, 0.3) is 12.3 Å². The lowest BCUT2D eigenvalue weighted by atomic mass is 10.0. The molecule has 0 aromatic carbocycles. The minimum atomic E-state index is -2.49. The first-order valence-electron chi connectivity index (χ1n) is 10.1. The standard InChI is InChI=1S/C18H16F2N8O.C3H8/c1-10(11-2-3-14(22-4-11)12-5-23-18(21)24-6-12)16-26-17(29-27-16)13-7-25-28(8-13)9-15(19)20;1-3-2/h2-8,10,15H,9H2,1H3,(H2,21,23,24);3H2,1-2H3. The van der Waals surface area contributed by atoms with Crippen LogP contribution in [-0.4, -0.2) is 41.3 Å². The fourth-order valence-corrected chi connectivity index (χ4v) is 2.69. The number of alkyl halides is 2. The first-order chi connectivity index (χ1) is 15.4. The Morgan fingerprint density at radius 3 is 2.38 bits per heavy atom. The van der Waals surface area contributed by atoms with Crippen molar-refractivity contribution in [3.63, 3.8) is 0 Å². The summed E-state index contributed by atoms with van der Waals surface area (Å²) in [4.78, 5) is 16.7. The van der Waals surface area contributed by atoms with Crippen LogP contribution in [0.4, 0.5) is 14.7 Å². The lowest BCUT2D eigenvalue weighted by Crippen LogP contribution is -2.06. The zero-order valence-corrected chi connectivity index (χ0v) is 18.0. The molecule has 0 saturated heterocycles. The van der Waals surface area contributed by atoms with E-state index in [-0.39, 0.29) is 17.8 Å². The van der Waals surface area contributed by atoms with E-state index in [1.807, 2.05) is 19.1 Å². The maximum atomic E-state index is 12.5. The van der Waals surface area contributed by atoms with Crippen molar-refractivity contribution < 1.29 is 13.3 Å². The van der Waals surface area contributed by atoms with Gasteiger partial charge in [0.2, 0.25) is 5.95 Å². The van der Waals surface area contributed by atoms with Gasteiger partial charge in [0, 0.05) is 36.3 Å². The zero-order chi connectivity index (χ0) is 23.1. The third kappa shape index (κ3) is 5.68. The number of rotatable bonds is 6. The highest BCUT2D eigenvalue weighted by Gasteiger charge is 2.18. The van der Waals surface area contributed by atoms with Crippen molar-refractivity contribution in [2.24, 2.45) is 0 Å². The average molecular weight is 442 g/mol. The van der Waals surface area contributed by atoms with E-state index >= 15 is 0 Å². The Labute approximate surface area is 183 Å². The number of nitrogens with two attached hydrogens (primary N) is 1. The van der Waals surface area contributed by atoms with E-state index in [0.717, 1.165) is 15.8 Å². The second-order valence-corrected chi connectivity index (χ2v) is 7.04. The molecule has 168 valence electrons. The van der Waals surface area contributed by atoms with Gasteiger partial charge in [-0.05, 0) is 11.6 Å². The largest absolute Gasteiger partial charge is 0.368 e. The van der Waals surface area contributed by atoms with Gasteiger partial charge < -0.3 is 10.3 Å². The van der Waals surface area contributed by atoms with Gasteiger partial charge in [-0.2, -0.15) is 10.1 Å². The van der Waals surface area contributed by atoms with Crippen LogP contribution in [0.25, 0.3) is 22.7 Å². The summed E-state index contributed by atoms with van der Waals surface area (Å²) in [6, 6.07) is 3.75. The summed E-state index contributed by atoms with van der Waals surface area (Å²) in [6.45, 7) is 5.67. The molecule has 0 fully saturated rings. The highest BCUT2D eigenvalue weighted by Crippen LogP contribution is 2.26. The molecule has 0 aliphatic carbocycles. The Morgan fingerprint density at radius 2 is 1.75 bits per heavy atom. The molecule has 1 unspecified atom stereocenters. The summed E-state index contributed by atoms with van der Waals surface area (Å²) in [7, 11) is 0. The Balaban J connectivity index is 0.000000913. The normalized spacial score (nSPS) is 11.8. The highest BCUT2D eigenvalue weighted by molar-refractivity contribution is 5.57. The van der Waals surface area contributed by atoms with Gasteiger partial charge in [-0.15, -0.1) is 0 Å². The van der Waals surface area contributed by atoms with Gasteiger partial charge in [0.05, 0.1) is 17.5 Å². The number of hydrogen-bond donors (Lipinski definition) is 1. The second-order valence-electron chi connectivity index (χ2n) is 7.04. The molecule has 32 heavy (non-hydrogen) atoms. The summed E-state index contributed by atoms with van der Waals surface area (Å²) in [5.41, 5.74) is 8.32. The molecule has 0 bridgehead atoms. The molecule has 0 spiro atoms. The first kappa shape index (κ1) is 22.9. The van der Waals surface area contributed by atoms with Gasteiger partial charge in [-0.25, -0.2) is 18.7 Å². The predicted molar refractivity (Wildman–Crippen MR) is 115 cm³/mol. The SMILES string of the molecule is CC(c1ccc(-c2cnc(N)nc2)nc1)c1noc(-c2cnn(CC(F)F)c2)n1.CCC. The number of nitrogens with zero attached hydrogens (tertiary/aromatic N) is 7. The van der Waals surface area contributed by atoms with Crippen molar-refractivity contribution in [3.05, 3.63) is 54.5 Å². The molecule has 0 saturated carbocycles. The molecule has 4 rings (SSSR count). The Kier molecular flexibility index (Phi) is 7.53. The van der Waals surface area contributed by atoms with Crippen molar-refractivity contribution in [3.8, 4) is 22.7 Å². The molecule has 9 nitrogen and oxygen atoms in total. The van der Waals surface area contributed by atoms with Crippen LogP contribution < -0.4 is 5.73 Å². The molecule has 4 aromatic rings. The van der Waals surface area contributed by atoms with Crippen LogP contribution in [0.5, 0.6) is 0 Å². The van der Waals surface area contributed by atoms with Crippen LogP contribution in [0.2, 0.25) is 0 Å². The Morgan fingerprint density at radius 1 is 1.03 bits per heavy atom. The number of aromatic nitrogens is 7. The van der Waals surface area contributed by atoms with Crippen LogP contribution in [0.1, 0.15) is 44.5 Å². The Bertz CT molecular complexity index is 1110. The average Bonchev–Trinajstić information content (AvgIpc) is 3.44. The summed E-state index contributed by atoms with van der Waals surface area (Å²) < 4.78 is 31.3. The predicted octanol–water partition coefficient (Wildman–Crippen LogP) is 4.20. The minimum Gasteiger partial charge on any atom is -0.368 e. The van der Waals surface area contributed by atoms with Crippen molar-refractivity contribution in [2.45, 2.75) is 46.1 Å². The number of halogens is 2. The summed E-state index contributed by atoms with van der Waals surface area (Å²) in [5.74, 6) is 0.683. The smallest absolute Gasteiger partial charge is 0.261 e. The number of pyridine rings is 1. The van der Waals surface area contributed by atoms with Crippen LogP contribution in [-0.2, 0) is 6.54 Å². The third-order valence-electron chi connectivity index (χ3n) is 4.29. The van der Waals surface area contributed by atoms with Gasteiger partial charge in [0.1, 0.15) is 6.54 Å².